The Kier molecular flexibility index (Phi) is 5.20. The molecule has 0 aliphatic rings. The molecule has 0 saturated heterocycles. The summed E-state index contributed by atoms with van der Waals surface area (Å²) in [5.41, 5.74) is 0. The molecule has 0 aliphatic heterocycles. The van der Waals surface area contributed by atoms with Gasteiger partial charge in [0.15, 0.2) is 0 Å². The fourth-order valence-electron chi connectivity index (χ4n) is 0.551. The third-order valence-corrected chi connectivity index (χ3v) is 1.09. The van der Waals surface area contributed by atoms with Crippen LogP contribution < -0.4 is 0 Å². The molecule has 0 fully saturated rings. The van der Waals surface area contributed by atoms with E-state index >= 15 is 0 Å². The molecule has 3 heteroatoms. The first-order valence-corrected chi connectivity index (χ1v) is 3.13. The predicted molar refractivity (Wildman–Crippen MR) is 38.6 cm³/mol. The second-order valence-electron chi connectivity index (χ2n) is 2.01. The molecule has 3 nitrogen and oxygen atoms in total. The van der Waals surface area contributed by atoms with Crippen molar-refractivity contribution < 1.29 is 14.6 Å². The Labute approximate surface area is 61.3 Å². The molecule has 0 unspecified atom stereocenters. The number of methoxy groups -OCH3 is 1. The summed E-state index contributed by atoms with van der Waals surface area (Å²) < 4.78 is 9.65. The van der Waals surface area contributed by atoms with E-state index in [9.17, 15) is 0 Å². The molecule has 0 aromatic carbocycles. The molecule has 0 rings (SSSR count). The fraction of sp³-hybridized carbons (Fsp3) is 0.714. The second kappa shape index (κ2) is 5.41. The van der Waals surface area contributed by atoms with Gasteiger partial charge in [-0.2, -0.15) is 0 Å². The van der Waals surface area contributed by atoms with Crippen molar-refractivity contribution in [3.8, 4) is 0 Å². The molecule has 0 aliphatic carbocycles. The van der Waals surface area contributed by atoms with Crippen LogP contribution in [-0.4, -0.2) is 31.2 Å². The molecule has 0 radical (unpaired) electrons. The van der Waals surface area contributed by atoms with Crippen molar-refractivity contribution in [1.29, 1.82) is 0 Å². The SMILES string of the molecule is C=C[C@H](OCOC)[C@H](C)O. The van der Waals surface area contributed by atoms with E-state index < -0.39 is 6.10 Å². The van der Waals surface area contributed by atoms with Gasteiger partial charge >= 0.3 is 0 Å². The number of aliphatic hydroxyl groups excluding tert-OH is 1. The standard InChI is InChI=1S/C7H14O3/c1-4-7(6(2)8)10-5-9-3/h4,6-8H,1,5H2,2-3H3/t6-,7-/m0/s1. The Bertz CT molecular complexity index is 90.9. The molecule has 1 N–H and O–H groups in total. The summed E-state index contributed by atoms with van der Waals surface area (Å²) in [6.45, 7) is 5.32. The average molecular weight is 146 g/mol. The maximum absolute atomic E-state index is 8.99. The highest BCUT2D eigenvalue weighted by molar-refractivity contribution is 4.83. The van der Waals surface area contributed by atoms with E-state index in [0.717, 1.165) is 0 Å². The summed E-state index contributed by atoms with van der Waals surface area (Å²) in [6.07, 6.45) is 0.677. The smallest absolute Gasteiger partial charge is 0.147 e. The van der Waals surface area contributed by atoms with Crippen molar-refractivity contribution in [2.75, 3.05) is 13.9 Å². The quantitative estimate of drug-likeness (QED) is 0.454. The summed E-state index contributed by atoms with van der Waals surface area (Å²) in [6, 6.07) is 0. The van der Waals surface area contributed by atoms with Crippen molar-refractivity contribution in [3.63, 3.8) is 0 Å². The molecule has 10 heavy (non-hydrogen) atoms. The normalized spacial score (nSPS) is 16.3. The maximum atomic E-state index is 8.99. The highest BCUT2D eigenvalue weighted by Gasteiger charge is 2.09. The van der Waals surface area contributed by atoms with Crippen LogP contribution in [0.25, 0.3) is 0 Å². The third-order valence-electron chi connectivity index (χ3n) is 1.09. The fourth-order valence-corrected chi connectivity index (χ4v) is 0.551. The number of hydrogen-bond donors (Lipinski definition) is 1. The molecule has 2 atom stereocenters. The summed E-state index contributed by atoms with van der Waals surface area (Å²) in [5, 5.41) is 8.99. The van der Waals surface area contributed by atoms with Crippen LogP contribution in [0.4, 0.5) is 0 Å². The highest BCUT2D eigenvalue weighted by Crippen LogP contribution is 1.99. The van der Waals surface area contributed by atoms with Gasteiger partial charge in [-0.25, -0.2) is 0 Å². The molecule has 0 saturated carbocycles. The summed E-state index contributed by atoms with van der Waals surface area (Å²) in [5.74, 6) is 0. The zero-order valence-corrected chi connectivity index (χ0v) is 6.41. The summed E-state index contributed by atoms with van der Waals surface area (Å²) >= 11 is 0. The van der Waals surface area contributed by atoms with Crippen molar-refractivity contribution in [1.82, 2.24) is 0 Å². The van der Waals surface area contributed by atoms with Crippen LogP contribution in [0.5, 0.6) is 0 Å². The zero-order valence-electron chi connectivity index (χ0n) is 6.41. The van der Waals surface area contributed by atoms with Gasteiger partial charge in [0.2, 0.25) is 0 Å². The Hall–Kier alpha value is -0.380. The molecule has 0 heterocycles. The highest BCUT2D eigenvalue weighted by atomic mass is 16.7. The van der Waals surface area contributed by atoms with Crippen LogP contribution in [0.2, 0.25) is 0 Å². The van der Waals surface area contributed by atoms with Crippen LogP contribution in [-0.2, 0) is 9.47 Å². The topological polar surface area (TPSA) is 38.7 Å². The number of rotatable bonds is 5. The van der Waals surface area contributed by atoms with Crippen LogP contribution in [0.15, 0.2) is 12.7 Å². The van der Waals surface area contributed by atoms with Crippen LogP contribution in [0.3, 0.4) is 0 Å². The lowest BCUT2D eigenvalue weighted by atomic mass is 10.2. The second-order valence-corrected chi connectivity index (χ2v) is 2.01. The van der Waals surface area contributed by atoms with Gasteiger partial charge in [-0.05, 0) is 6.92 Å². The first-order chi connectivity index (χ1) is 4.72. The predicted octanol–water partition coefficient (Wildman–Crippen LogP) is 0.542. The monoisotopic (exact) mass is 146 g/mol. The van der Waals surface area contributed by atoms with Gasteiger partial charge in [-0.15, -0.1) is 6.58 Å². The van der Waals surface area contributed by atoms with Gasteiger partial charge in [-0.3, -0.25) is 0 Å². The lowest BCUT2D eigenvalue weighted by Crippen LogP contribution is -2.24. The maximum Gasteiger partial charge on any atom is 0.147 e. The van der Waals surface area contributed by atoms with Gasteiger partial charge < -0.3 is 14.6 Å². The Morgan fingerprint density at radius 1 is 1.70 bits per heavy atom. The first-order valence-electron chi connectivity index (χ1n) is 3.13. The molecule has 0 spiro atoms. The number of hydrogen-bond acceptors (Lipinski definition) is 3. The van der Waals surface area contributed by atoms with E-state index in [1.807, 2.05) is 0 Å². The molecular formula is C7H14O3. The molecule has 0 aromatic heterocycles. The third kappa shape index (κ3) is 3.61. The molecule has 0 aromatic rings. The van der Waals surface area contributed by atoms with Gasteiger partial charge in [0.05, 0.1) is 6.10 Å². The Balaban J connectivity index is 3.50. The van der Waals surface area contributed by atoms with E-state index in [4.69, 9.17) is 9.84 Å². The summed E-state index contributed by atoms with van der Waals surface area (Å²) in [4.78, 5) is 0. The average Bonchev–Trinajstić information content (AvgIpc) is 1.89. The van der Waals surface area contributed by atoms with E-state index in [-0.39, 0.29) is 12.9 Å². The van der Waals surface area contributed by atoms with Crippen LogP contribution in [0.1, 0.15) is 6.92 Å². The minimum Gasteiger partial charge on any atom is -0.390 e. The molecule has 60 valence electrons. The number of ether oxygens (including phenoxy) is 2. The summed E-state index contributed by atoms with van der Waals surface area (Å²) in [7, 11) is 1.53. The van der Waals surface area contributed by atoms with Gasteiger partial charge in [-0.1, -0.05) is 6.08 Å². The first kappa shape index (κ1) is 9.62. The van der Waals surface area contributed by atoms with Crippen molar-refractivity contribution in [3.05, 3.63) is 12.7 Å². The minimum atomic E-state index is -0.535. The minimum absolute atomic E-state index is 0.182. The van der Waals surface area contributed by atoms with E-state index in [1.54, 1.807) is 13.0 Å². The Morgan fingerprint density at radius 2 is 2.30 bits per heavy atom. The van der Waals surface area contributed by atoms with Crippen LogP contribution >= 0.6 is 0 Å². The molecular weight excluding hydrogens is 132 g/mol. The molecule has 0 bridgehead atoms. The van der Waals surface area contributed by atoms with Crippen molar-refractivity contribution in [2.45, 2.75) is 19.1 Å². The van der Waals surface area contributed by atoms with Gasteiger partial charge in [0, 0.05) is 7.11 Å². The van der Waals surface area contributed by atoms with Crippen LogP contribution in [0, 0.1) is 0 Å². The largest absolute Gasteiger partial charge is 0.390 e. The van der Waals surface area contributed by atoms with Crippen molar-refractivity contribution >= 4 is 0 Å². The molecule has 0 amide bonds. The van der Waals surface area contributed by atoms with E-state index in [2.05, 4.69) is 11.3 Å². The number of aliphatic hydroxyl groups is 1. The Morgan fingerprint density at radius 3 is 2.60 bits per heavy atom. The lowest BCUT2D eigenvalue weighted by molar-refractivity contribution is -0.0888. The van der Waals surface area contributed by atoms with E-state index in [1.165, 1.54) is 7.11 Å². The van der Waals surface area contributed by atoms with Crippen molar-refractivity contribution in [2.24, 2.45) is 0 Å². The van der Waals surface area contributed by atoms with Gasteiger partial charge in [0.1, 0.15) is 12.9 Å². The van der Waals surface area contributed by atoms with E-state index in [0.29, 0.717) is 0 Å². The zero-order chi connectivity index (χ0) is 7.98. The lowest BCUT2D eigenvalue weighted by Gasteiger charge is -2.15. The van der Waals surface area contributed by atoms with Gasteiger partial charge in [0.25, 0.3) is 0 Å².